The van der Waals surface area contributed by atoms with Gasteiger partial charge in [-0.25, -0.2) is 28.9 Å². The van der Waals surface area contributed by atoms with Gasteiger partial charge in [0.1, 0.15) is 36.0 Å². The zero-order valence-electron chi connectivity index (χ0n) is 27.7. The molecule has 2 N–H and O–H groups in total. The highest BCUT2D eigenvalue weighted by Gasteiger charge is 2.51. The van der Waals surface area contributed by atoms with Crippen molar-refractivity contribution in [3.63, 3.8) is 0 Å². The van der Waals surface area contributed by atoms with Crippen molar-refractivity contribution in [2.24, 2.45) is 5.92 Å². The van der Waals surface area contributed by atoms with Crippen molar-refractivity contribution >= 4 is 71.8 Å². The number of imidazole rings is 2. The molecule has 4 aromatic rings. The number of halogens is 1. The van der Waals surface area contributed by atoms with Crippen LogP contribution in [0.4, 0.5) is 10.3 Å². The Morgan fingerprint density at radius 1 is 1.25 bits per heavy atom. The van der Waals surface area contributed by atoms with Crippen LogP contribution in [0.3, 0.4) is 0 Å². The first kappa shape index (κ1) is 37.1. The maximum atomic E-state index is 16.4. The minimum absolute atomic E-state index is 0.0139. The Labute approximate surface area is 304 Å². The first-order valence-electron chi connectivity index (χ1n) is 16.2. The van der Waals surface area contributed by atoms with Gasteiger partial charge in [-0.3, -0.25) is 33.5 Å². The fourth-order valence-corrected chi connectivity index (χ4v) is 8.68. The first-order valence-corrected chi connectivity index (χ1v) is 21.5. The van der Waals surface area contributed by atoms with Crippen LogP contribution in [0.2, 0.25) is 0 Å². The summed E-state index contributed by atoms with van der Waals surface area (Å²) in [6.45, 7) is -5.70. The Balaban J connectivity index is 1.25. The van der Waals surface area contributed by atoms with E-state index in [1.54, 1.807) is 24.6 Å². The number of hydrogen-bond donors (Lipinski definition) is 3. The number of carbonyl (C=O) groups excluding carboxylic acids is 1. The summed E-state index contributed by atoms with van der Waals surface area (Å²) in [5, 5.41) is 11.6. The number of alkyl halides is 1. The molecule has 6 heterocycles. The van der Waals surface area contributed by atoms with E-state index in [0.29, 0.717) is 17.0 Å². The molecule has 0 aromatic carbocycles. The van der Waals surface area contributed by atoms with E-state index < -0.39 is 68.7 Å². The number of ether oxygens (including phenoxy) is 1. The minimum Gasteiger partial charge on any atom is -0.346 e. The summed E-state index contributed by atoms with van der Waals surface area (Å²) in [6, 6.07) is 1.96. The number of rotatable bonds is 7. The number of nitriles is 1. The van der Waals surface area contributed by atoms with Crippen LogP contribution in [-0.2, 0) is 61.7 Å². The predicted octanol–water partition coefficient (Wildman–Crippen LogP) is 3.81. The van der Waals surface area contributed by atoms with Crippen LogP contribution < -0.4 is 10.9 Å². The summed E-state index contributed by atoms with van der Waals surface area (Å²) in [5.74, 6) is 0.132. The number of amides is 1. The lowest BCUT2D eigenvalue weighted by atomic mass is 10.1. The smallest absolute Gasteiger partial charge is 0.346 e. The zero-order valence-corrected chi connectivity index (χ0v) is 31.2. The molecule has 52 heavy (non-hydrogen) atoms. The van der Waals surface area contributed by atoms with Gasteiger partial charge in [0.25, 0.3) is 5.56 Å². The van der Waals surface area contributed by atoms with Gasteiger partial charge in [-0.1, -0.05) is 26.1 Å². The Morgan fingerprint density at radius 3 is 2.81 bits per heavy atom. The molecule has 4 aromatic heterocycles. The van der Waals surface area contributed by atoms with Crippen molar-refractivity contribution < 1.29 is 41.1 Å². The fourth-order valence-electron chi connectivity index (χ4n) is 5.51. The van der Waals surface area contributed by atoms with E-state index in [2.05, 4.69) is 42.5 Å². The average molecular weight is 799 g/mol. The van der Waals surface area contributed by atoms with Crippen molar-refractivity contribution in [2.75, 3.05) is 25.1 Å². The van der Waals surface area contributed by atoms with Crippen molar-refractivity contribution in [2.45, 2.75) is 76.8 Å². The van der Waals surface area contributed by atoms with Crippen molar-refractivity contribution in [1.82, 2.24) is 39.0 Å². The van der Waals surface area contributed by atoms with Gasteiger partial charge in [-0.15, -0.1) is 0 Å². The largest absolute Gasteiger partial charge is 0.387 e. The monoisotopic (exact) mass is 798 g/mol. The van der Waals surface area contributed by atoms with E-state index in [0.717, 1.165) is 12.8 Å². The lowest BCUT2D eigenvalue weighted by Gasteiger charge is -2.24. The number of anilines is 1. The molecule has 19 nitrogen and oxygen atoms in total. The molecule has 2 bridgehead atoms. The third-order valence-electron chi connectivity index (χ3n) is 8.30. The fraction of sp³-hybridized carbons (Fsp3) is 0.571. The summed E-state index contributed by atoms with van der Waals surface area (Å²) in [4.78, 5) is 49.9. The summed E-state index contributed by atoms with van der Waals surface area (Å²) in [6.07, 6.45) is -1.95. The highest BCUT2D eigenvalue weighted by atomic mass is 32.7. The van der Waals surface area contributed by atoms with E-state index >= 15 is 4.39 Å². The summed E-state index contributed by atoms with van der Waals surface area (Å²) in [5.41, 5.74) is -0.0406. The van der Waals surface area contributed by atoms with Crippen LogP contribution in [0.5, 0.6) is 0 Å². The van der Waals surface area contributed by atoms with Gasteiger partial charge in [-0.05, 0) is 24.6 Å². The van der Waals surface area contributed by atoms with E-state index in [1.165, 1.54) is 10.9 Å². The Bertz CT molecular complexity index is 2210. The molecule has 1 saturated heterocycles. The molecule has 0 radical (unpaired) electrons. The maximum Gasteiger partial charge on any atom is 0.387 e. The number of nitrogens with zero attached hydrogens (tertiary/aromatic N) is 8. The lowest BCUT2D eigenvalue weighted by Crippen LogP contribution is -2.32. The quantitative estimate of drug-likeness (QED) is 0.137. The number of aromatic nitrogens is 8. The molecule has 7 rings (SSSR count). The van der Waals surface area contributed by atoms with E-state index in [9.17, 15) is 14.2 Å². The Kier molecular flexibility index (Phi) is 10.6. The third kappa shape index (κ3) is 7.85. The Morgan fingerprint density at radius 2 is 2.06 bits per heavy atom. The number of carbonyl (C=O) groups is 1. The van der Waals surface area contributed by atoms with Gasteiger partial charge in [0.05, 0.1) is 44.8 Å². The van der Waals surface area contributed by atoms with Crippen LogP contribution in [-0.4, -0.2) is 83.1 Å². The standard InChI is InChI=1S/C28H33FN10O9P2S2/c1-14(2)25(40)36-28-35-24-20(26(41)37-28)32-13-39(24)27-21-19(29)17(47-27)11-46-50(52,43-8-3-6-30)44-9-7-38-18(12-45-49(42,51)48-21)33-16-10-31-22(15-4-5-15)34-23(16)38/h10,13-15,17,19,21,27H,3-5,7-9,11-12H2,1-2H3,(H,42,51)(H2,35,36,37,40,41)/t17-,19-,21-,27-,49?,50?/m1/s1. The van der Waals surface area contributed by atoms with Crippen LogP contribution in [0.25, 0.3) is 22.3 Å². The SMILES string of the molecule is CC(C)C(=O)Nc1nc2c(ncn2[C@@H]2O[C@@H]3COP(=S)(OCCC#N)OCCn4c(nc5cnc(C6CC6)nc54)COP(=O)(S)O[C@@H]2[C@@H]3F)c(=O)[nH]1. The lowest BCUT2D eigenvalue weighted by molar-refractivity contribution is -0.118. The summed E-state index contributed by atoms with van der Waals surface area (Å²) < 4.78 is 68.3. The molecule has 1 aliphatic carbocycles. The van der Waals surface area contributed by atoms with Crippen LogP contribution in [0, 0.1) is 17.2 Å². The van der Waals surface area contributed by atoms with Gasteiger partial charge in [0, 0.05) is 18.4 Å². The van der Waals surface area contributed by atoms with Gasteiger partial charge in [0.15, 0.2) is 29.2 Å². The molecule has 3 aliphatic rings. The maximum absolute atomic E-state index is 16.4. The third-order valence-corrected chi connectivity index (χ3v) is 12.3. The highest BCUT2D eigenvalue weighted by Crippen LogP contribution is 2.58. The number of aromatic amines is 1. The molecular weight excluding hydrogens is 765 g/mol. The second kappa shape index (κ2) is 14.9. The predicted molar refractivity (Wildman–Crippen MR) is 186 cm³/mol. The van der Waals surface area contributed by atoms with Gasteiger partial charge in [0.2, 0.25) is 11.9 Å². The van der Waals surface area contributed by atoms with Crippen LogP contribution >= 0.6 is 25.8 Å². The van der Waals surface area contributed by atoms with Crippen molar-refractivity contribution in [1.29, 1.82) is 5.26 Å². The van der Waals surface area contributed by atoms with E-state index in [4.69, 9.17) is 49.4 Å². The second-order valence-corrected chi connectivity index (χ2v) is 18.3. The van der Waals surface area contributed by atoms with Gasteiger partial charge >= 0.3 is 13.5 Å². The number of H-pyrrole nitrogens is 1. The van der Waals surface area contributed by atoms with Crippen molar-refractivity contribution in [3.05, 3.63) is 34.5 Å². The number of hydrogen-bond acceptors (Lipinski definition) is 16. The Hall–Kier alpha value is -3.22. The van der Waals surface area contributed by atoms with Gasteiger partial charge in [-0.2, -0.15) is 10.2 Å². The summed E-state index contributed by atoms with van der Waals surface area (Å²) >= 11 is 9.83. The highest BCUT2D eigenvalue weighted by molar-refractivity contribution is 8.44. The van der Waals surface area contributed by atoms with Gasteiger partial charge < -0.3 is 22.9 Å². The number of nitrogens with one attached hydrogen (secondary N) is 2. The topological polar surface area (TPSA) is 233 Å². The molecule has 1 amide bonds. The van der Waals surface area contributed by atoms with Crippen molar-refractivity contribution in [3.8, 4) is 6.07 Å². The molecule has 6 atom stereocenters. The molecule has 1 saturated carbocycles. The number of thiol groups is 1. The second-order valence-electron chi connectivity index (χ2n) is 12.4. The zero-order chi connectivity index (χ0) is 36.8. The molecule has 24 heteroatoms. The minimum atomic E-state index is -4.40. The summed E-state index contributed by atoms with van der Waals surface area (Å²) in [7, 11) is 0. The van der Waals surface area contributed by atoms with E-state index in [-0.39, 0.29) is 55.0 Å². The molecule has 278 valence electrons. The van der Waals surface area contributed by atoms with E-state index in [1.807, 2.05) is 6.07 Å². The first-order chi connectivity index (χ1) is 24.8. The van der Waals surface area contributed by atoms with Crippen LogP contribution in [0.1, 0.15) is 56.9 Å². The molecule has 2 aliphatic heterocycles. The number of fused-ring (bicyclic) bond motifs is 6. The normalized spacial score (nSPS) is 28.7. The molecule has 2 unspecified atom stereocenters. The molecule has 2 fully saturated rings. The molecular formula is C28H33FN10O9P2S2. The average Bonchev–Trinajstić information content (AvgIpc) is 3.68. The van der Waals surface area contributed by atoms with Crippen LogP contribution in [0.15, 0.2) is 17.3 Å². The molecule has 0 spiro atoms.